The van der Waals surface area contributed by atoms with Crippen LogP contribution in [-0.4, -0.2) is 26.9 Å². The first-order chi connectivity index (χ1) is 10.7. The molecule has 22 heavy (non-hydrogen) atoms. The highest BCUT2D eigenvalue weighted by Gasteiger charge is 2.22. The smallest absolute Gasteiger partial charge is 0.262 e. The Morgan fingerprint density at radius 1 is 1.27 bits per heavy atom. The van der Waals surface area contributed by atoms with Crippen molar-refractivity contribution in [2.24, 2.45) is 0 Å². The van der Waals surface area contributed by atoms with Crippen molar-refractivity contribution in [1.82, 2.24) is 14.5 Å². The molecule has 0 radical (unpaired) electrons. The number of amides is 1. The molecule has 0 aliphatic carbocycles. The van der Waals surface area contributed by atoms with Gasteiger partial charge in [0.1, 0.15) is 11.4 Å². The van der Waals surface area contributed by atoms with Crippen molar-refractivity contribution in [3.05, 3.63) is 50.0 Å². The maximum Gasteiger partial charge on any atom is 0.262 e. The number of hydrogen-bond donors (Lipinski definition) is 0. The maximum atomic E-state index is 12.5. The molecular formula is C15H13N3O2S2. The van der Waals surface area contributed by atoms with E-state index in [-0.39, 0.29) is 18.0 Å². The zero-order valence-electron chi connectivity index (χ0n) is 11.7. The summed E-state index contributed by atoms with van der Waals surface area (Å²) < 4.78 is 1.40. The number of fused-ring (bicyclic) bond motifs is 2. The summed E-state index contributed by atoms with van der Waals surface area (Å²) >= 11 is 3.18. The van der Waals surface area contributed by atoms with Crippen LogP contribution in [0.3, 0.4) is 0 Å². The molecule has 0 saturated heterocycles. The molecule has 1 aliphatic rings. The van der Waals surface area contributed by atoms with E-state index in [9.17, 15) is 9.59 Å². The first-order valence-electron chi connectivity index (χ1n) is 6.98. The van der Waals surface area contributed by atoms with Gasteiger partial charge in [-0.25, -0.2) is 4.98 Å². The summed E-state index contributed by atoms with van der Waals surface area (Å²) in [5.74, 6) is -0.0321. The Hall–Kier alpha value is -1.99. The summed E-state index contributed by atoms with van der Waals surface area (Å²) in [4.78, 5) is 32.9. The molecule has 5 nitrogen and oxygen atoms in total. The number of rotatable bonds is 2. The number of thiophene rings is 2. The zero-order valence-corrected chi connectivity index (χ0v) is 13.3. The molecule has 3 aromatic heterocycles. The number of nitrogens with zero attached hydrogens (tertiary/aromatic N) is 3. The predicted octanol–water partition coefficient (Wildman–Crippen LogP) is 2.10. The molecule has 3 aromatic rings. The number of aromatic nitrogens is 2. The summed E-state index contributed by atoms with van der Waals surface area (Å²) in [5.41, 5.74) is 1.08. The molecule has 0 N–H and O–H groups in total. The van der Waals surface area contributed by atoms with Gasteiger partial charge in [-0.3, -0.25) is 14.2 Å². The first-order valence-corrected chi connectivity index (χ1v) is 8.74. The maximum absolute atomic E-state index is 12.5. The van der Waals surface area contributed by atoms with E-state index in [1.54, 1.807) is 17.4 Å². The third-order valence-corrected chi connectivity index (χ3v) is 5.76. The van der Waals surface area contributed by atoms with Gasteiger partial charge in [0.25, 0.3) is 5.56 Å². The van der Waals surface area contributed by atoms with Gasteiger partial charge in [0.05, 0.1) is 11.7 Å². The Kier molecular flexibility index (Phi) is 3.31. The van der Waals surface area contributed by atoms with Crippen molar-refractivity contribution in [2.45, 2.75) is 19.5 Å². The van der Waals surface area contributed by atoms with Gasteiger partial charge >= 0.3 is 0 Å². The van der Waals surface area contributed by atoms with Crippen LogP contribution in [0.2, 0.25) is 0 Å². The van der Waals surface area contributed by atoms with E-state index < -0.39 is 0 Å². The first kappa shape index (κ1) is 13.7. The van der Waals surface area contributed by atoms with Crippen LogP contribution in [0, 0.1) is 0 Å². The van der Waals surface area contributed by atoms with E-state index in [0.717, 1.165) is 17.8 Å². The van der Waals surface area contributed by atoms with E-state index in [4.69, 9.17) is 0 Å². The Bertz CT molecular complexity index is 909. The largest absolute Gasteiger partial charge is 0.336 e. The average Bonchev–Trinajstić information content (AvgIpc) is 3.17. The highest BCUT2D eigenvalue weighted by atomic mass is 32.1. The second kappa shape index (κ2) is 5.33. The summed E-state index contributed by atoms with van der Waals surface area (Å²) in [6.07, 6.45) is 2.37. The van der Waals surface area contributed by atoms with Crippen molar-refractivity contribution < 1.29 is 4.79 Å². The van der Waals surface area contributed by atoms with Crippen LogP contribution >= 0.6 is 22.7 Å². The van der Waals surface area contributed by atoms with Gasteiger partial charge < -0.3 is 4.90 Å². The van der Waals surface area contributed by atoms with Gasteiger partial charge in [-0.15, -0.1) is 22.7 Å². The summed E-state index contributed by atoms with van der Waals surface area (Å²) in [6, 6.07) is 3.83. The van der Waals surface area contributed by atoms with E-state index in [2.05, 4.69) is 16.4 Å². The van der Waals surface area contributed by atoms with E-state index in [1.165, 1.54) is 32.7 Å². The lowest BCUT2D eigenvalue weighted by Crippen LogP contribution is -2.39. The Morgan fingerprint density at radius 2 is 2.14 bits per heavy atom. The van der Waals surface area contributed by atoms with Gasteiger partial charge in [-0.05, 0) is 34.9 Å². The fraction of sp³-hybridized carbons (Fsp3) is 0.267. The van der Waals surface area contributed by atoms with Gasteiger partial charge in [0.2, 0.25) is 5.91 Å². The molecule has 0 bridgehead atoms. The topological polar surface area (TPSA) is 55.2 Å². The van der Waals surface area contributed by atoms with E-state index in [1.807, 2.05) is 10.3 Å². The standard InChI is InChI=1S/C15H13N3O2S2/c19-13(17-4-1-12-10(7-17)2-5-21-12)8-18-9-16-14-11(15(18)20)3-6-22-14/h2-3,5-6,9H,1,4,7-8H2. The molecule has 0 fully saturated rings. The molecule has 1 amide bonds. The quantitative estimate of drug-likeness (QED) is 0.723. The van der Waals surface area contributed by atoms with Crippen molar-refractivity contribution in [3.63, 3.8) is 0 Å². The van der Waals surface area contributed by atoms with Crippen LogP contribution in [0.15, 0.2) is 34.0 Å². The molecule has 1 aliphatic heterocycles. The highest BCUT2D eigenvalue weighted by Crippen LogP contribution is 2.24. The highest BCUT2D eigenvalue weighted by molar-refractivity contribution is 7.16. The minimum atomic E-state index is -0.146. The molecule has 0 atom stereocenters. The molecule has 7 heteroatoms. The lowest BCUT2D eigenvalue weighted by molar-refractivity contribution is -0.132. The zero-order chi connectivity index (χ0) is 15.1. The van der Waals surface area contributed by atoms with Crippen molar-refractivity contribution in [1.29, 1.82) is 0 Å². The normalized spacial score (nSPS) is 14.3. The summed E-state index contributed by atoms with van der Waals surface area (Å²) in [5, 5.41) is 4.49. The molecule has 0 spiro atoms. The molecular weight excluding hydrogens is 318 g/mol. The minimum Gasteiger partial charge on any atom is -0.336 e. The van der Waals surface area contributed by atoms with E-state index >= 15 is 0 Å². The summed E-state index contributed by atoms with van der Waals surface area (Å²) in [7, 11) is 0. The fourth-order valence-corrected chi connectivity index (χ4v) is 4.33. The van der Waals surface area contributed by atoms with Gasteiger partial charge in [-0.2, -0.15) is 0 Å². The van der Waals surface area contributed by atoms with Crippen molar-refractivity contribution >= 4 is 38.8 Å². The van der Waals surface area contributed by atoms with Crippen LogP contribution in [0.25, 0.3) is 10.2 Å². The lowest BCUT2D eigenvalue weighted by atomic mass is 10.1. The van der Waals surface area contributed by atoms with Crippen LogP contribution in [0.4, 0.5) is 0 Å². The third-order valence-electron chi connectivity index (χ3n) is 3.92. The molecule has 4 rings (SSSR count). The Morgan fingerprint density at radius 3 is 3.05 bits per heavy atom. The third kappa shape index (κ3) is 2.26. The predicted molar refractivity (Wildman–Crippen MR) is 87.3 cm³/mol. The van der Waals surface area contributed by atoms with Crippen molar-refractivity contribution in [2.75, 3.05) is 6.54 Å². The van der Waals surface area contributed by atoms with Gasteiger partial charge in [0, 0.05) is 18.0 Å². The fourth-order valence-electron chi connectivity index (χ4n) is 2.71. The average molecular weight is 331 g/mol. The molecule has 0 saturated carbocycles. The number of carbonyl (C=O) groups excluding carboxylic acids is 1. The van der Waals surface area contributed by atoms with Crippen LogP contribution < -0.4 is 5.56 Å². The van der Waals surface area contributed by atoms with Crippen molar-refractivity contribution in [3.8, 4) is 0 Å². The Labute approximate surface area is 134 Å². The van der Waals surface area contributed by atoms with Crippen LogP contribution in [-0.2, 0) is 24.3 Å². The number of hydrogen-bond acceptors (Lipinski definition) is 5. The van der Waals surface area contributed by atoms with Crippen LogP contribution in [0.5, 0.6) is 0 Å². The summed E-state index contributed by atoms with van der Waals surface area (Å²) in [6.45, 7) is 1.41. The second-order valence-corrected chi connectivity index (χ2v) is 7.15. The SMILES string of the molecule is O=C(Cn1cnc2sccc2c1=O)N1CCc2sccc2C1. The molecule has 0 aromatic carbocycles. The lowest BCUT2D eigenvalue weighted by Gasteiger charge is -2.27. The molecule has 112 valence electrons. The minimum absolute atomic E-state index is 0.0321. The second-order valence-electron chi connectivity index (χ2n) is 5.25. The van der Waals surface area contributed by atoms with Gasteiger partial charge in [-0.1, -0.05) is 0 Å². The number of carbonyl (C=O) groups is 1. The monoisotopic (exact) mass is 331 g/mol. The van der Waals surface area contributed by atoms with Crippen LogP contribution in [0.1, 0.15) is 10.4 Å². The molecule has 0 unspecified atom stereocenters. The van der Waals surface area contributed by atoms with Gasteiger partial charge in [0.15, 0.2) is 0 Å². The van der Waals surface area contributed by atoms with E-state index in [0.29, 0.717) is 11.9 Å². The molecule has 4 heterocycles. The Balaban J connectivity index is 1.56.